The molecule has 2 rings (SSSR count). The molecule has 2 aromatic heterocycles. The van der Waals surface area contributed by atoms with Crippen LogP contribution in [0.4, 0.5) is 0 Å². The van der Waals surface area contributed by atoms with Gasteiger partial charge in [-0.1, -0.05) is 0 Å². The summed E-state index contributed by atoms with van der Waals surface area (Å²) in [6, 6.07) is 3.40. The monoisotopic (exact) mass is 261 g/mol. The van der Waals surface area contributed by atoms with Gasteiger partial charge < -0.3 is 5.32 Å². The highest BCUT2D eigenvalue weighted by Gasteiger charge is 2.06. The Hall–Kier alpha value is -1.75. The summed E-state index contributed by atoms with van der Waals surface area (Å²) in [6.45, 7) is 4.67. The van der Waals surface area contributed by atoms with Crippen LogP contribution < -0.4 is 5.32 Å². The van der Waals surface area contributed by atoms with E-state index in [4.69, 9.17) is 0 Å². The van der Waals surface area contributed by atoms with Crippen molar-refractivity contribution < 1.29 is 4.79 Å². The zero-order valence-corrected chi connectivity index (χ0v) is 11.3. The second-order valence-corrected chi connectivity index (χ2v) is 5.28. The normalized spacial score (nSPS) is 10.3. The summed E-state index contributed by atoms with van der Waals surface area (Å²) in [5.74, 6) is -0.0672. The molecule has 1 amide bonds. The van der Waals surface area contributed by atoms with Crippen LogP contribution in [-0.4, -0.2) is 22.4 Å². The van der Waals surface area contributed by atoms with Crippen molar-refractivity contribution in [3.8, 4) is 0 Å². The molecule has 0 aromatic carbocycles. The molecule has 0 unspecified atom stereocenters. The molecule has 0 aliphatic rings. The number of aryl methyl sites for hydroxylation is 2. The Morgan fingerprint density at radius 2 is 2.06 bits per heavy atom. The van der Waals surface area contributed by atoms with Crippen molar-refractivity contribution in [2.24, 2.45) is 0 Å². The Bertz CT molecular complexity index is 517. The van der Waals surface area contributed by atoms with Crippen LogP contribution in [0.3, 0.4) is 0 Å². The fraction of sp³-hybridized carbons (Fsp3) is 0.308. The molecular formula is C13H15N3OS. The van der Waals surface area contributed by atoms with Gasteiger partial charge in [0.15, 0.2) is 0 Å². The molecule has 0 saturated heterocycles. The molecule has 0 aliphatic heterocycles. The Labute approximate surface area is 110 Å². The molecule has 0 spiro atoms. The molecule has 0 aliphatic carbocycles. The lowest BCUT2D eigenvalue weighted by Gasteiger charge is -2.03. The number of hydrogen-bond donors (Lipinski definition) is 1. The highest BCUT2D eigenvalue weighted by molar-refractivity contribution is 7.11. The van der Waals surface area contributed by atoms with Crippen LogP contribution in [0.5, 0.6) is 0 Å². The predicted molar refractivity (Wildman–Crippen MR) is 71.9 cm³/mol. The minimum atomic E-state index is -0.0672. The Balaban J connectivity index is 1.84. The van der Waals surface area contributed by atoms with Crippen molar-refractivity contribution in [1.29, 1.82) is 0 Å². The molecule has 0 fully saturated rings. The maximum atomic E-state index is 11.8. The van der Waals surface area contributed by atoms with Crippen LogP contribution in [0.2, 0.25) is 0 Å². The third kappa shape index (κ3) is 3.13. The first-order chi connectivity index (χ1) is 8.66. The second kappa shape index (κ2) is 5.73. The molecule has 4 nitrogen and oxygen atoms in total. The van der Waals surface area contributed by atoms with Gasteiger partial charge in [0.2, 0.25) is 0 Å². The zero-order chi connectivity index (χ0) is 13.0. The molecule has 2 heterocycles. The number of rotatable bonds is 4. The minimum absolute atomic E-state index is 0.0672. The third-order valence-electron chi connectivity index (χ3n) is 2.64. The van der Waals surface area contributed by atoms with Crippen molar-refractivity contribution in [1.82, 2.24) is 15.3 Å². The van der Waals surface area contributed by atoms with Crippen LogP contribution in [0, 0.1) is 13.8 Å². The quantitative estimate of drug-likeness (QED) is 0.917. The van der Waals surface area contributed by atoms with E-state index in [9.17, 15) is 4.79 Å². The molecule has 1 N–H and O–H groups in total. The average molecular weight is 261 g/mol. The largest absolute Gasteiger partial charge is 0.352 e. The van der Waals surface area contributed by atoms with Gasteiger partial charge in [-0.25, -0.2) is 4.98 Å². The number of nitrogens with one attached hydrogen (secondary N) is 1. The minimum Gasteiger partial charge on any atom is -0.352 e. The molecule has 18 heavy (non-hydrogen) atoms. The number of thiazole rings is 1. The van der Waals surface area contributed by atoms with Crippen molar-refractivity contribution >= 4 is 17.2 Å². The summed E-state index contributed by atoms with van der Waals surface area (Å²) in [5.41, 5.74) is 1.71. The molecule has 2 aromatic rings. The summed E-state index contributed by atoms with van der Waals surface area (Å²) >= 11 is 1.69. The van der Waals surface area contributed by atoms with E-state index in [1.54, 1.807) is 35.9 Å². The van der Waals surface area contributed by atoms with E-state index in [-0.39, 0.29) is 5.91 Å². The molecule has 0 radical (unpaired) electrons. The number of hydrogen-bond acceptors (Lipinski definition) is 4. The van der Waals surface area contributed by atoms with E-state index < -0.39 is 0 Å². The number of carbonyl (C=O) groups excluding carboxylic acids is 1. The van der Waals surface area contributed by atoms with Crippen molar-refractivity contribution in [2.75, 3.05) is 6.54 Å². The SMILES string of the molecule is Cc1nc(CCNC(=O)c2ccncc2)sc1C. The number of amides is 1. The lowest BCUT2D eigenvalue weighted by atomic mass is 10.2. The van der Waals surface area contributed by atoms with Gasteiger partial charge in [-0.05, 0) is 26.0 Å². The maximum absolute atomic E-state index is 11.8. The van der Waals surface area contributed by atoms with Gasteiger partial charge in [-0.15, -0.1) is 11.3 Å². The first-order valence-corrected chi connectivity index (χ1v) is 6.59. The van der Waals surface area contributed by atoms with E-state index in [1.807, 2.05) is 6.92 Å². The van der Waals surface area contributed by atoms with Crippen molar-refractivity contribution in [2.45, 2.75) is 20.3 Å². The van der Waals surface area contributed by atoms with E-state index in [0.29, 0.717) is 12.1 Å². The molecule has 0 bridgehead atoms. The number of pyridine rings is 1. The van der Waals surface area contributed by atoms with Gasteiger partial charge in [0, 0.05) is 35.8 Å². The van der Waals surface area contributed by atoms with Gasteiger partial charge in [-0.3, -0.25) is 9.78 Å². The Kier molecular flexibility index (Phi) is 4.04. The van der Waals surface area contributed by atoms with Crippen LogP contribution >= 0.6 is 11.3 Å². The zero-order valence-electron chi connectivity index (χ0n) is 10.4. The summed E-state index contributed by atoms with van der Waals surface area (Å²) in [4.78, 5) is 21.3. The van der Waals surface area contributed by atoms with Crippen LogP contribution in [0.25, 0.3) is 0 Å². The van der Waals surface area contributed by atoms with E-state index in [2.05, 4.69) is 22.2 Å². The van der Waals surface area contributed by atoms with Gasteiger partial charge >= 0.3 is 0 Å². The number of carbonyl (C=O) groups is 1. The highest BCUT2D eigenvalue weighted by atomic mass is 32.1. The lowest BCUT2D eigenvalue weighted by molar-refractivity contribution is 0.0954. The van der Waals surface area contributed by atoms with Gasteiger partial charge in [-0.2, -0.15) is 0 Å². The fourth-order valence-corrected chi connectivity index (χ4v) is 2.47. The third-order valence-corrected chi connectivity index (χ3v) is 3.77. The van der Waals surface area contributed by atoms with Gasteiger partial charge in [0.25, 0.3) is 5.91 Å². The van der Waals surface area contributed by atoms with E-state index in [0.717, 1.165) is 17.1 Å². The van der Waals surface area contributed by atoms with E-state index >= 15 is 0 Å². The molecule has 0 saturated carbocycles. The van der Waals surface area contributed by atoms with Crippen molar-refractivity contribution in [3.63, 3.8) is 0 Å². The Morgan fingerprint density at radius 1 is 1.33 bits per heavy atom. The first-order valence-electron chi connectivity index (χ1n) is 5.78. The highest BCUT2D eigenvalue weighted by Crippen LogP contribution is 2.16. The summed E-state index contributed by atoms with van der Waals surface area (Å²) < 4.78 is 0. The molecule has 5 heteroatoms. The Morgan fingerprint density at radius 3 is 2.67 bits per heavy atom. The van der Waals surface area contributed by atoms with Gasteiger partial charge in [0.1, 0.15) is 0 Å². The number of aromatic nitrogens is 2. The lowest BCUT2D eigenvalue weighted by Crippen LogP contribution is -2.25. The fourth-order valence-electron chi connectivity index (χ4n) is 1.53. The second-order valence-electron chi connectivity index (χ2n) is 3.99. The average Bonchev–Trinajstić information content (AvgIpc) is 2.69. The maximum Gasteiger partial charge on any atom is 0.251 e. The molecular weight excluding hydrogens is 246 g/mol. The van der Waals surface area contributed by atoms with E-state index in [1.165, 1.54) is 4.88 Å². The summed E-state index contributed by atoms with van der Waals surface area (Å²) in [7, 11) is 0. The van der Waals surface area contributed by atoms with Gasteiger partial charge in [0.05, 0.1) is 10.7 Å². The topological polar surface area (TPSA) is 54.9 Å². The van der Waals surface area contributed by atoms with Crippen LogP contribution in [-0.2, 0) is 6.42 Å². The first kappa shape index (κ1) is 12.7. The predicted octanol–water partition coefficient (Wildman–Crippen LogP) is 2.13. The van der Waals surface area contributed by atoms with Crippen molar-refractivity contribution in [3.05, 3.63) is 45.7 Å². The van der Waals surface area contributed by atoms with Crippen LogP contribution in [0.1, 0.15) is 25.9 Å². The molecule has 94 valence electrons. The number of nitrogens with zero attached hydrogens (tertiary/aromatic N) is 2. The summed E-state index contributed by atoms with van der Waals surface area (Å²) in [5, 5.41) is 3.95. The standard InChI is InChI=1S/C13H15N3OS/c1-9-10(2)18-12(16-9)5-8-15-13(17)11-3-6-14-7-4-11/h3-4,6-7H,5,8H2,1-2H3,(H,15,17). The van der Waals surface area contributed by atoms with Crippen LogP contribution in [0.15, 0.2) is 24.5 Å². The molecule has 0 atom stereocenters. The summed E-state index contributed by atoms with van der Waals surface area (Å²) in [6.07, 6.45) is 4.00. The smallest absolute Gasteiger partial charge is 0.251 e.